The molecule has 3 aliphatic rings. The normalized spacial score (nSPS) is 23.0. The highest BCUT2D eigenvalue weighted by Gasteiger charge is 2.34. The van der Waals surface area contributed by atoms with Gasteiger partial charge in [0.25, 0.3) is 0 Å². The van der Waals surface area contributed by atoms with E-state index in [0.29, 0.717) is 0 Å². The number of aliphatic imine (C=N–C) groups is 1. The average molecular weight is 427 g/mol. The topological polar surface area (TPSA) is 62.9 Å². The number of hydrogen-bond acceptors (Lipinski definition) is 5. The number of fused-ring (bicyclic) bond motifs is 2. The van der Waals surface area contributed by atoms with Crippen LogP contribution in [0.5, 0.6) is 5.75 Å². The Morgan fingerprint density at radius 2 is 1.94 bits per heavy atom. The van der Waals surface area contributed by atoms with E-state index in [1.165, 1.54) is 39.3 Å². The van der Waals surface area contributed by atoms with Crippen LogP contribution in [0.1, 0.15) is 46.0 Å². The Labute approximate surface area is 190 Å². The summed E-state index contributed by atoms with van der Waals surface area (Å²) in [5.74, 6) is 4.11. The number of piperidine rings is 1. The minimum atomic E-state index is 0.757. The second kappa shape index (κ2) is 16.5. The van der Waals surface area contributed by atoms with Crippen molar-refractivity contribution < 1.29 is 4.74 Å². The van der Waals surface area contributed by atoms with E-state index in [-0.39, 0.29) is 0 Å². The van der Waals surface area contributed by atoms with Crippen LogP contribution in [0.3, 0.4) is 0 Å². The fourth-order valence-corrected chi connectivity index (χ4v) is 4.26. The lowest BCUT2D eigenvalue weighted by Gasteiger charge is -2.44. The van der Waals surface area contributed by atoms with Gasteiger partial charge in [-0.1, -0.05) is 24.3 Å². The van der Waals surface area contributed by atoms with Gasteiger partial charge >= 0.3 is 0 Å². The van der Waals surface area contributed by atoms with E-state index < -0.39 is 0 Å². The van der Waals surface area contributed by atoms with Crippen LogP contribution in [0.2, 0.25) is 0 Å². The summed E-state index contributed by atoms with van der Waals surface area (Å²) in [6.45, 7) is 6.67. The number of benzene rings is 1. The van der Waals surface area contributed by atoms with Crippen LogP contribution in [-0.2, 0) is 0 Å². The molecule has 1 aromatic carbocycles. The number of likely N-dealkylation sites (N-methyl/N-ethyl adjacent to an activating group) is 1. The predicted octanol–water partition coefficient (Wildman–Crippen LogP) is 4.11. The molecule has 5 nitrogen and oxygen atoms in total. The van der Waals surface area contributed by atoms with Gasteiger partial charge in [-0.2, -0.15) is 0 Å². The molecule has 2 bridgehead atoms. The number of nitrogens with zero attached hydrogens (tertiary/aromatic N) is 2. The Kier molecular flexibility index (Phi) is 14.4. The van der Waals surface area contributed by atoms with Gasteiger partial charge in [0.15, 0.2) is 0 Å². The first-order chi connectivity index (χ1) is 15.1. The number of allylic oxidation sites excluding steroid dienone is 2. The first kappa shape index (κ1) is 26.9. The highest BCUT2D eigenvalue weighted by Crippen LogP contribution is 2.33. The van der Waals surface area contributed by atoms with Gasteiger partial charge in [-0.05, 0) is 78.2 Å². The quantitative estimate of drug-likeness (QED) is 0.696. The lowest BCUT2D eigenvalue weighted by atomic mass is 9.76. The van der Waals surface area contributed by atoms with Gasteiger partial charge in [0.05, 0.1) is 0 Å². The van der Waals surface area contributed by atoms with E-state index in [2.05, 4.69) is 46.4 Å². The summed E-state index contributed by atoms with van der Waals surface area (Å²) in [6.07, 6.45) is 15.0. The summed E-state index contributed by atoms with van der Waals surface area (Å²) in [6, 6.07) is 11.7. The number of hydrogen-bond donors (Lipinski definition) is 2. The van der Waals surface area contributed by atoms with Crippen molar-refractivity contribution >= 4 is 6.21 Å². The molecule has 1 saturated heterocycles. The summed E-state index contributed by atoms with van der Waals surface area (Å²) in [5, 5.41) is 3.63. The molecule has 2 aliphatic heterocycles. The van der Waals surface area contributed by atoms with Crippen molar-refractivity contribution in [2.75, 3.05) is 33.8 Å². The van der Waals surface area contributed by atoms with Crippen LogP contribution in [0.4, 0.5) is 0 Å². The predicted molar refractivity (Wildman–Crippen MR) is 134 cm³/mol. The zero-order chi connectivity index (χ0) is 22.9. The van der Waals surface area contributed by atoms with E-state index >= 15 is 0 Å². The van der Waals surface area contributed by atoms with Gasteiger partial charge in [-0.15, -0.1) is 12.3 Å². The Bertz CT molecular complexity index is 678. The molecule has 0 amide bonds. The van der Waals surface area contributed by atoms with Crippen LogP contribution in [0, 0.1) is 18.3 Å². The molecule has 5 heteroatoms. The smallest absolute Gasteiger partial charge is 0.119 e. The molecule has 3 unspecified atom stereocenters. The number of terminal acetylenes is 1. The van der Waals surface area contributed by atoms with E-state index in [4.69, 9.17) is 4.74 Å². The van der Waals surface area contributed by atoms with Crippen LogP contribution in [-0.4, -0.2) is 57.0 Å². The van der Waals surface area contributed by atoms with Crippen LogP contribution >= 0.6 is 0 Å². The van der Waals surface area contributed by atoms with Crippen LogP contribution in [0.15, 0.2) is 47.1 Å². The molecule has 1 aliphatic carbocycles. The summed E-state index contributed by atoms with van der Waals surface area (Å²) in [5.41, 5.74) is 5.65. The number of para-hydroxylation sites is 1. The number of ether oxygens (including phenoxy) is 1. The van der Waals surface area contributed by atoms with Crippen molar-refractivity contribution in [1.82, 2.24) is 10.2 Å². The van der Waals surface area contributed by atoms with Gasteiger partial charge in [-0.25, -0.2) is 0 Å². The molecule has 4 rings (SSSR count). The fourth-order valence-electron chi connectivity index (χ4n) is 4.26. The van der Waals surface area contributed by atoms with E-state index in [1.807, 2.05) is 43.5 Å². The van der Waals surface area contributed by atoms with E-state index in [1.54, 1.807) is 6.92 Å². The second-order valence-electron chi connectivity index (χ2n) is 7.90. The highest BCUT2D eigenvalue weighted by molar-refractivity contribution is 5.64. The van der Waals surface area contributed by atoms with Crippen LogP contribution < -0.4 is 15.8 Å². The Morgan fingerprint density at radius 3 is 2.52 bits per heavy atom. The average Bonchev–Trinajstić information content (AvgIpc) is 3.28. The van der Waals surface area contributed by atoms with Crippen molar-refractivity contribution in [3.05, 3.63) is 42.1 Å². The zero-order valence-electron chi connectivity index (χ0n) is 19.9. The SMILES string of the molecule is C#CC.CC1=CCC=N1.CN.CN(CCOc1ccccc1)C1CCC2CC1CCN2. The van der Waals surface area contributed by atoms with Crippen molar-refractivity contribution in [1.29, 1.82) is 0 Å². The molecule has 2 fully saturated rings. The third-order valence-corrected chi connectivity index (χ3v) is 5.73. The number of nitrogens with one attached hydrogen (secondary N) is 1. The molecular formula is C26H42N4O. The summed E-state index contributed by atoms with van der Waals surface area (Å²) in [4.78, 5) is 6.50. The molecule has 31 heavy (non-hydrogen) atoms. The van der Waals surface area contributed by atoms with Gasteiger partial charge in [0, 0.05) is 37.0 Å². The molecule has 0 spiro atoms. The summed E-state index contributed by atoms with van der Waals surface area (Å²) < 4.78 is 5.82. The number of nitrogens with two attached hydrogens (primary N) is 1. The molecule has 0 aromatic heterocycles. The molecular weight excluding hydrogens is 384 g/mol. The maximum atomic E-state index is 5.82. The van der Waals surface area contributed by atoms with Crippen molar-refractivity contribution in [2.24, 2.45) is 16.6 Å². The Morgan fingerprint density at radius 1 is 1.23 bits per heavy atom. The maximum Gasteiger partial charge on any atom is 0.119 e. The monoisotopic (exact) mass is 426 g/mol. The van der Waals surface area contributed by atoms with Crippen molar-refractivity contribution in [3.8, 4) is 18.1 Å². The second-order valence-corrected chi connectivity index (χ2v) is 7.90. The first-order valence-electron chi connectivity index (χ1n) is 11.4. The molecule has 0 radical (unpaired) electrons. The molecule has 2 heterocycles. The molecule has 3 N–H and O–H groups in total. The minimum Gasteiger partial charge on any atom is -0.492 e. The van der Waals surface area contributed by atoms with Gasteiger partial charge in [0.1, 0.15) is 12.4 Å². The summed E-state index contributed by atoms with van der Waals surface area (Å²) in [7, 11) is 3.77. The van der Waals surface area contributed by atoms with Gasteiger partial charge in [0.2, 0.25) is 0 Å². The minimum absolute atomic E-state index is 0.757. The van der Waals surface area contributed by atoms with Crippen molar-refractivity contribution in [3.63, 3.8) is 0 Å². The third kappa shape index (κ3) is 10.6. The maximum absolute atomic E-state index is 5.82. The first-order valence-corrected chi connectivity index (χ1v) is 11.4. The van der Waals surface area contributed by atoms with E-state index in [9.17, 15) is 0 Å². The molecule has 1 saturated carbocycles. The van der Waals surface area contributed by atoms with E-state index in [0.717, 1.165) is 49.0 Å². The molecule has 172 valence electrons. The fraction of sp³-hybridized carbons (Fsp3) is 0.577. The van der Waals surface area contributed by atoms with Crippen LogP contribution in [0.25, 0.3) is 0 Å². The van der Waals surface area contributed by atoms with Crippen molar-refractivity contribution in [2.45, 2.75) is 58.0 Å². The van der Waals surface area contributed by atoms with Gasteiger partial charge < -0.3 is 15.8 Å². The Hall–Kier alpha value is -2.13. The summed E-state index contributed by atoms with van der Waals surface area (Å²) >= 11 is 0. The zero-order valence-corrected chi connectivity index (χ0v) is 19.9. The lowest BCUT2D eigenvalue weighted by Crippen LogP contribution is -2.51. The third-order valence-electron chi connectivity index (χ3n) is 5.73. The number of rotatable bonds is 5. The highest BCUT2D eigenvalue weighted by atomic mass is 16.5. The standard InChI is InChI=1S/C17H26N2O.C5H7N.C3H4.CH5N/c1-19(11-12-20-16-5-3-2-4-6-16)17-8-7-15-13-14(17)9-10-18-15;1-5-3-2-4-6-5;1-3-2;1-2/h2-6,14-15,17-18H,7-13H2,1H3;3-4H,2H2,1H3;1H,2H3;2H2,1H3. The Balaban J connectivity index is 0.000000364. The largest absolute Gasteiger partial charge is 0.492 e. The van der Waals surface area contributed by atoms with Gasteiger partial charge in [-0.3, -0.25) is 9.89 Å². The molecule has 1 aromatic rings. The molecule has 3 atom stereocenters. The lowest BCUT2D eigenvalue weighted by molar-refractivity contribution is 0.0765.